The summed E-state index contributed by atoms with van der Waals surface area (Å²) in [7, 11) is 0. The second kappa shape index (κ2) is 10.9. The van der Waals surface area contributed by atoms with Crippen molar-refractivity contribution in [3.63, 3.8) is 0 Å². The molecular weight excluding hydrogens is 387 g/mol. The van der Waals surface area contributed by atoms with E-state index < -0.39 is 0 Å². The molecule has 1 aromatic carbocycles. The third-order valence-electron chi connectivity index (χ3n) is 5.34. The van der Waals surface area contributed by atoms with Crippen LogP contribution in [0.4, 0.5) is 5.69 Å². The number of nitrogens with zero attached hydrogens (tertiary/aromatic N) is 2. The first-order chi connectivity index (χ1) is 12.0. The number of aryl methyl sites for hydroxylation is 1. The average Bonchev–Trinajstić information content (AvgIpc) is 3.13. The molecule has 27 heavy (non-hydrogen) atoms. The van der Waals surface area contributed by atoms with E-state index in [0.717, 1.165) is 43.9 Å². The smallest absolute Gasteiger partial charge is 0.238 e. The van der Waals surface area contributed by atoms with E-state index >= 15 is 0 Å². The van der Waals surface area contributed by atoms with Gasteiger partial charge in [-0.1, -0.05) is 12.1 Å². The molecular formula is C19H30Cl2N4O2. The van der Waals surface area contributed by atoms with E-state index in [9.17, 15) is 9.59 Å². The number of rotatable bonds is 4. The van der Waals surface area contributed by atoms with Gasteiger partial charge in [-0.2, -0.15) is 0 Å². The van der Waals surface area contributed by atoms with Crippen LogP contribution in [0.3, 0.4) is 0 Å². The summed E-state index contributed by atoms with van der Waals surface area (Å²) in [5, 5.41) is 6.26. The first kappa shape index (κ1) is 23.7. The maximum atomic E-state index is 12.4. The Bertz CT molecular complexity index is 643. The highest BCUT2D eigenvalue weighted by atomic mass is 35.5. The molecule has 2 heterocycles. The Balaban J connectivity index is 0.00000182. The van der Waals surface area contributed by atoms with Crippen molar-refractivity contribution in [1.82, 2.24) is 15.1 Å². The standard InChI is InChI=1S/C19H28N4O2.2ClH/c1-14-4-3-5-17(15(14)2)21-18(24)13-22-8-10-23(11-9-22)19(25)16-6-7-20-12-16;;/h3-5,16,20H,6-13H2,1-2H3,(H,21,24);2*1H. The minimum absolute atomic E-state index is 0. The van der Waals surface area contributed by atoms with Crippen molar-refractivity contribution in [3.8, 4) is 0 Å². The van der Waals surface area contributed by atoms with Crippen LogP contribution in [0.1, 0.15) is 17.5 Å². The Hall–Kier alpha value is -1.34. The van der Waals surface area contributed by atoms with Gasteiger partial charge in [-0.05, 0) is 44.0 Å². The van der Waals surface area contributed by atoms with Crippen LogP contribution in [-0.4, -0.2) is 67.4 Å². The molecule has 2 saturated heterocycles. The van der Waals surface area contributed by atoms with Crippen LogP contribution in [0.25, 0.3) is 0 Å². The molecule has 8 heteroatoms. The zero-order chi connectivity index (χ0) is 17.8. The number of halogens is 2. The van der Waals surface area contributed by atoms with Crippen LogP contribution in [0.15, 0.2) is 18.2 Å². The molecule has 3 rings (SSSR count). The van der Waals surface area contributed by atoms with E-state index in [1.54, 1.807) is 0 Å². The molecule has 2 N–H and O–H groups in total. The Kier molecular flexibility index (Phi) is 9.53. The van der Waals surface area contributed by atoms with Gasteiger partial charge in [0.05, 0.1) is 12.5 Å². The van der Waals surface area contributed by atoms with Crippen LogP contribution in [0.2, 0.25) is 0 Å². The van der Waals surface area contributed by atoms with Crippen molar-refractivity contribution in [2.24, 2.45) is 5.92 Å². The minimum atomic E-state index is 0. The minimum Gasteiger partial charge on any atom is -0.340 e. The summed E-state index contributed by atoms with van der Waals surface area (Å²) < 4.78 is 0. The van der Waals surface area contributed by atoms with Gasteiger partial charge in [0.25, 0.3) is 0 Å². The molecule has 2 aliphatic heterocycles. The van der Waals surface area contributed by atoms with Gasteiger partial charge in [-0.3, -0.25) is 14.5 Å². The number of carbonyl (C=O) groups excluding carboxylic acids is 2. The molecule has 2 fully saturated rings. The lowest BCUT2D eigenvalue weighted by atomic mass is 10.1. The van der Waals surface area contributed by atoms with E-state index in [2.05, 4.69) is 15.5 Å². The third-order valence-corrected chi connectivity index (χ3v) is 5.34. The predicted molar refractivity (Wildman–Crippen MR) is 113 cm³/mol. The number of amides is 2. The molecule has 1 unspecified atom stereocenters. The Morgan fingerprint density at radius 2 is 1.85 bits per heavy atom. The molecule has 0 radical (unpaired) electrons. The molecule has 2 amide bonds. The number of anilines is 1. The fraction of sp³-hybridized carbons (Fsp3) is 0.579. The van der Waals surface area contributed by atoms with Crippen LogP contribution >= 0.6 is 24.8 Å². The number of piperazine rings is 1. The van der Waals surface area contributed by atoms with Crippen LogP contribution in [-0.2, 0) is 9.59 Å². The normalized spacial score (nSPS) is 19.8. The maximum absolute atomic E-state index is 12.4. The molecule has 0 bridgehead atoms. The van der Waals surface area contributed by atoms with E-state index in [0.29, 0.717) is 19.6 Å². The second-order valence-electron chi connectivity index (χ2n) is 7.09. The number of nitrogens with one attached hydrogen (secondary N) is 2. The van der Waals surface area contributed by atoms with E-state index in [-0.39, 0.29) is 42.5 Å². The molecule has 1 atom stereocenters. The quantitative estimate of drug-likeness (QED) is 0.785. The highest BCUT2D eigenvalue weighted by Gasteiger charge is 2.29. The van der Waals surface area contributed by atoms with Gasteiger partial charge < -0.3 is 15.5 Å². The molecule has 152 valence electrons. The summed E-state index contributed by atoms with van der Waals surface area (Å²) in [6, 6.07) is 5.94. The Labute approximate surface area is 173 Å². The third kappa shape index (κ3) is 6.07. The molecule has 0 aromatic heterocycles. The molecule has 0 spiro atoms. The number of hydrogen-bond donors (Lipinski definition) is 2. The zero-order valence-electron chi connectivity index (χ0n) is 16.0. The average molecular weight is 417 g/mol. The predicted octanol–water partition coefficient (Wildman–Crippen LogP) is 1.84. The highest BCUT2D eigenvalue weighted by molar-refractivity contribution is 5.93. The highest BCUT2D eigenvalue weighted by Crippen LogP contribution is 2.18. The fourth-order valence-electron chi connectivity index (χ4n) is 3.53. The first-order valence-electron chi connectivity index (χ1n) is 9.12. The summed E-state index contributed by atoms with van der Waals surface area (Å²) in [6.45, 7) is 9.12. The first-order valence-corrected chi connectivity index (χ1v) is 9.12. The lowest BCUT2D eigenvalue weighted by Crippen LogP contribution is -2.52. The van der Waals surface area contributed by atoms with E-state index in [1.807, 2.05) is 36.9 Å². The van der Waals surface area contributed by atoms with Crippen LogP contribution in [0.5, 0.6) is 0 Å². The number of carbonyl (C=O) groups is 2. The largest absolute Gasteiger partial charge is 0.340 e. The Morgan fingerprint density at radius 3 is 2.48 bits per heavy atom. The van der Waals surface area contributed by atoms with Gasteiger partial charge >= 0.3 is 0 Å². The number of benzene rings is 1. The van der Waals surface area contributed by atoms with Gasteiger partial charge in [0.1, 0.15) is 0 Å². The van der Waals surface area contributed by atoms with Crippen molar-refractivity contribution in [2.75, 3.05) is 51.1 Å². The monoisotopic (exact) mass is 416 g/mol. The Morgan fingerprint density at radius 1 is 1.15 bits per heavy atom. The van der Waals surface area contributed by atoms with Gasteiger partial charge in [0.15, 0.2) is 0 Å². The van der Waals surface area contributed by atoms with Crippen molar-refractivity contribution < 1.29 is 9.59 Å². The van der Waals surface area contributed by atoms with Gasteiger partial charge in [0.2, 0.25) is 11.8 Å². The maximum Gasteiger partial charge on any atom is 0.238 e. The van der Waals surface area contributed by atoms with Gasteiger partial charge in [0, 0.05) is 38.4 Å². The molecule has 0 aliphatic carbocycles. The van der Waals surface area contributed by atoms with Crippen LogP contribution < -0.4 is 10.6 Å². The summed E-state index contributed by atoms with van der Waals surface area (Å²) >= 11 is 0. The molecule has 2 aliphatic rings. The lowest BCUT2D eigenvalue weighted by molar-refractivity contribution is -0.136. The zero-order valence-corrected chi connectivity index (χ0v) is 17.6. The van der Waals surface area contributed by atoms with Crippen molar-refractivity contribution in [2.45, 2.75) is 20.3 Å². The van der Waals surface area contributed by atoms with E-state index in [1.165, 1.54) is 5.56 Å². The van der Waals surface area contributed by atoms with Crippen molar-refractivity contribution >= 4 is 42.3 Å². The number of hydrogen-bond acceptors (Lipinski definition) is 4. The SMILES string of the molecule is Cc1cccc(NC(=O)CN2CCN(C(=O)C3CCNC3)CC2)c1C.Cl.Cl. The van der Waals surface area contributed by atoms with Gasteiger partial charge in [-0.25, -0.2) is 0 Å². The molecule has 1 aromatic rings. The lowest BCUT2D eigenvalue weighted by Gasteiger charge is -2.35. The van der Waals surface area contributed by atoms with Crippen molar-refractivity contribution in [3.05, 3.63) is 29.3 Å². The summed E-state index contributed by atoms with van der Waals surface area (Å²) in [5.74, 6) is 0.414. The summed E-state index contributed by atoms with van der Waals surface area (Å²) in [5.41, 5.74) is 3.16. The molecule has 0 saturated carbocycles. The fourth-order valence-corrected chi connectivity index (χ4v) is 3.53. The van der Waals surface area contributed by atoms with E-state index in [4.69, 9.17) is 0 Å². The van der Waals surface area contributed by atoms with Gasteiger partial charge in [-0.15, -0.1) is 24.8 Å². The van der Waals surface area contributed by atoms with Crippen molar-refractivity contribution in [1.29, 1.82) is 0 Å². The topological polar surface area (TPSA) is 64.7 Å². The summed E-state index contributed by atoms with van der Waals surface area (Å²) in [6.07, 6.45) is 0.942. The van der Waals surface area contributed by atoms with Crippen LogP contribution in [0, 0.1) is 19.8 Å². The molecule has 6 nitrogen and oxygen atoms in total. The summed E-state index contributed by atoms with van der Waals surface area (Å²) in [4.78, 5) is 28.8. The second-order valence-corrected chi connectivity index (χ2v) is 7.09.